The minimum Gasteiger partial charge on any atom is -0.488 e. The Bertz CT molecular complexity index is 278. The van der Waals surface area contributed by atoms with Gasteiger partial charge < -0.3 is 14.9 Å². The molecule has 0 bridgehead atoms. The average Bonchev–Trinajstić information content (AvgIpc) is 2.17. The molecule has 0 aromatic heterocycles. The zero-order chi connectivity index (χ0) is 10.4. The van der Waals surface area contributed by atoms with E-state index in [1.165, 1.54) is 0 Å². The van der Waals surface area contributed by atoms with Gasteiger partial charge in [0.05, 0.1) is 6.61 Å². The van der Waals surface area contributed by atoms with E-state index in [0.717, 1.165) is 4.47 Å². The minimum absolute atomic E-state index is 0.0131. The molecule has 2 N–H and O–H groups in total. The number of hydrogen-bond donors (Lipinski definition) is 2. The summed E-state index contributed by atoms with van der Waals surface area (Å²) in [5.74, 6) is 0.687. The summed E-state index contributed by atoms with van der Waals surface area (Å²) >= 11 is 3.32. The van der Waals surface area contributed by atoms with Gasteiger partial charge >= 0.3 is 0 Å². The molecule has 14 heavy (non-hydrogen) atoms. The van der Waals surface area contributed by atoms with Crippen LogP contribution in [0.2, 0.25) is 0 Å². The average molecular weight is 261 g/mol. The van der Waals surface area contributed by atoms with Crippen LogP contribution in [-0.4, -0.2) is 29.5 Å². The summed E-state index contributed by atoms with van der Waals surface area (Å²) in [6.45, 7) is -0.0771. The normalized spacial score (nSPS) is 12.5. The van der Waals surface area contributed by atoms with Gasteiger partial charge in [-0.3, -0.25) is 0 Å². The van der Waals surface area contributed by atoms with Crippen LogP contribution in [0.3, 0.4) is 0 Å². The highest BCUT2D eigenvalue weighted by Crippen LogP contribution is 2.19. The molecule has 1 aromatic rings. The van der Waals surface area contributed by atoms with Gasteiger partial charge in [-0.15, -0.1) is 0 Å². The van der Waals surface area contributed by atoms with Crippen LogP contribution in [0.5, 0.6) is 5.75 Å². The van der Waals surface area contributed by atoms with Gasteiger partial charge in [-0.1, -0.05) is 22.0 Å². The lowest BCUT2D eigenvalue weighted by atomic mass is 10.2. The van der Waals surface area contributed by atoms with E-state index in [1.807, 2.05) is 24.3 Å². The van der Waals surface area contributed by atoms with Crippen LogP contribution in [0.1, 0.15) is 6.42 Å². The van der Waals surface area contributed by atoms with Crippen molar-refractivity contribution >= 4 is 15.9 Å². The van der Waals surface area contributed by atoms with Crippen molar-refractivity contribution in [3.63, 3.8) is 0 Å². The molecule has 0 aliphatic carbocycles. The molecule has 0 spiro atoms. The second-order valence-electron chi connectivity index (χ2n) is 2.89. The van der Waals surface area contributed by atoms with Crippen LogP contribution in [0.25, 0.3) is 0 Å². The number of rotatable bonds is 5. The summed E-state index contributed by atoms with van der Waals surface area (Å²) in [4.78, 5) is 0. The fourth-order valence-electron chi connectivity index (χ4n) is 1.06. The first kappa shape index (κ1) is 11.5. The lowest BCUT2D eigenvalue weighted by molar-refractivity contribution is 0.0906. The summed E-state index contributed by atoms with van der Waals surface area (Å²) in [6, 6.07) is 7.38. The zero-order valence-electron chi connectivity index (χ0n) is 7.69. The van der Waals surface area contributed by atoms with Gasteiger partial charge in [0, 0.05) is 17.5 Å². The van der Waals surface area contributed by atoms with E-state index >= 15 is 0 Å². The summed E-state index contributed by atoms with van der Waals surface area (Å²) in [5, 5.41) is 17.6. The molecule has 1 aromatic carbocycles. The van der Waals surface area contributed by atoms with Crippen LogP contribution in [-0.2, 0) is 0 Å². The lowest BCUT2D eigenvalue weighted by Gasteiger charge is -2.15. The molecule has 0 saturated carbocycles. The third kappa shape index (κ3) is 3.65. The van der Waals surface area contributed by atoms with Gasteiger partial charge in [-0.05, 0) is 18.2 Å². The SMILES string of the molecule is OCC[C@H](CO)Oc1cccc(Br)c1. The van der Waals surface area contributed by atoms with E-state index < -0.39 is 0 Å². The third-order valence-corrected chi connectivity index (χ3v) is 2.25. The Balaban J connectivity index is 2.57. The fraction of sp³-hybridized carbons (Fsp3) is 0.400. The van der Waals surface area contributed by atoms with Gasteiger partial charge in [-0.2, -0.15) is 0 Å². The van der Waals surface area contributed by atoms with E-state index in [-0.39, 0.29) is 19.3 Å². The number of aliphatic hydroxyl groups is 2. The van der Waals surface area contributed by atoms with Gasteiger partial charge in [0.15, 0.2) is 0 Å². The van der Waals surface area contributed by atoms with E-state index in [1.54, 1.807) is 0 Å². The Kier molecular flexibility index (Phi) is 4.93. The molecule has 0 amide bonds. The van der Waals surface area contributed by atoms with E-state index in [9.17, 15) is 0 Å². The monoisotopic (exact) mass is 260 g/mol. The Hall–Kier alpha value is -0.580. The first-order chi connectivity index (χ1) is 6.76. The maximum Gasteiger partial charge on any atom is 0.124 e. The van der Waals surface area contributed by atoms with Gasteiger partial charge in [0.2, 0.25) is 0 Å². The molecule has 0 radical (unpaired) electrons. The first-order valence-electron chi connectivity index (χ1n) is 4.40. The largest absolute Gasteiger partial charge is 0.488 e. The summed E-state index contributed by atoms with van der Waals surface area (Å²) in [6.07, 6.45) is 0.0949. The maximum absolute atomic E-state index is 8.94. The molecular formula is C10H13BrO3. The molecule has 0 fully saturated rings. The number of ether oxygens (including phenoxy) is 1. The lowest BCUT2D eigenvalue weighted by Crippen LogP contribution is -2.22. The smallest absolute Gasteiger partial charge is 0.124 e. The highest BCUT2D eigenvalue weighted by atomic mass is 79.9. The first-order valence-corrected chi connectivity index (χ1v) is 5.19. The van der Waals surface area contributed by atoms with Crippen molar-refractivity contribution in [2.45, 2.75) is 12.5 Å². The van der Waals surface area contributed by atoms with Crippen molar-refractivity contribution in [1.29, 1.82) is 0 Å². The number of hydrogen-bond acceptors (Lipinski definition) is 3. The summed E-state index contributed by atoms with van der Waals surface area (Å²) in [7, 11) is 0. The van der Waals surface area contributed by atoms with Crippen LogP contribution in [0.4, 0.5) is 0 Å². The maximum atomic E-state index is 8.94. The van der Waals surface area contributed by atoms with Crippen molar-refractivity contribution < 1.29 is 14.9 Å². The van der Waals surface area contributed by atoms with Crippen molar-refractivity contribution in [1.82, 2.24) is 0 Å². The molecule has 4 heteroatoms. The fourth-order valence-corrected chi connectivity index (χ4v) is 1.44. The standard InChI is InChI=1S/C10H13BrO3/c11-8-2-1-3-9(6-8)14-10(7-13)4-5-12/h1-3,6,10,12-13H,4-5,7H2/t10-/m1/s1. The molecule has 0 aliphatic heterocycles. The van der Waals surface area contributed by atoms with Crippen molar-refractivity contribution in [2.24, 2.45) is 0 Å². The molecular weight excluding hydrogens is 248 g/mol. The quantitative estimate of drug-likeness (QED) is 0.845. The molecule has 3 nitrogen and oxygen atoms in total. The summed E-state index contributed by atoms with van der Waals surface area (Å²) in [5.41, 5.74) is 0. The molecule has 1 atom stereocenters. The molecule has 1 rings (SSSR count). The van der Waals surface area contributed by atoms with E-state index in [0.29, 0.717) is 12.2 Å². The highest BCUT2D eigenvalue weighted by Gasteiger charge is 2.08. The number of benzene rings is 1. The third-order valence-electron chi connectivity index (χ3n) is 1.75. The summed E-state index contributed by atoms with van der Waals surface area (Å²) < 4.78 is 6.37. The van der Waals surface area contributed by atoms with E-state index in [4.69, 9.17) is 14.9 Å². The van der Waals surface area contributed by atoms with Gasteiger partial charge in [0.25, 0.3) is 0 Å². The number of aliphatic hydroxyl groups excluding tert-OH is 2. The Morgan fingerprint density at radius 1 is 1.36 bits per heavy atom. The highest BCUT2D eigenvalue weighted by molar-refractivity contribution is 9.10. The van der Waals surface area contributed by atoms with Crippen molar-refractivity contribution in [2.75, 3.05) is 13.2 Å². The topological polar surface area (TPSA) is 49.7 Å². The predicted molar refractivity (Wildman–Crippen MR) is 57.3 cm³/mol. The van der Waals surface area contributed by atoms with Crippen LogP contribution in [0, 0.1) is 0 Å². The Morgan fingerprint density at radius 3 is 2.71 bits per heavy atom. The van der Waals surface area contributed by atoms with Crippen LogP contribution >= 0.6 is 15.9 Å². The molecule has 0 aliphatic rings. The van der Waals surface area contributed by atoms with Gasteiger partial charge in [-0.25, -0.2) is 0 Å². The predicted octanol–water partition coefficient (Wildman–Crippen LogP) is 1.57. The van der Waals surface area contributed by atoms with Gasteiger partial charge in [0.1, 0.15) is 11.9 Å². The molecule has 0 saturated heterocycles. The second-order valence-corrected chi connectivity index (χ2v) is 3.81. The minimum atomic E-state index is -0.339. The Morgan fingerprint density at radius 2 is 2.14 bits per heavy atom. The van der Waals surface area contributed by atoms with Crippen molar-refractivity contribution in [3.05, 3.63) is 28.7 Å². The van der Waals surface area contributed by atoms with E-state index in [2.05, 4.69) is 15.9 Å². The molecule has 78 valence electrons. The van der Waals surface area contributed by atoms with Crippen LogP contribution in [0.15, 0.2) is 28.7 Å². The second kappa shape index (κ2) is 6.01. The zero-order valence-corrected chi connectivity index (χ0v) is 9.27. The van der Waals surface area contributed by atoms with Crippen molar-refractivity contribution in [3.8, 4) is 5.75 Å². The van der Waals surface area contributed by atoms with Crippen LogP contribution < -0.4 is 4.74 Å². The Labute approximate surface area is 91.5 Å². The molecule has 0 unspecified atom stereocenters. The molecule has 0 heterocycles. The number of halogens is 1.